The predicted octanol–water partition coefficient (Wildman–Crippen LogP) is 2.33. The van der Waals surface area contributed by atoms with Crippen LogP contribution in [0, 0.1) is 11.3 Å². The van der Waals surface area contributed by atoms with Gasteiger partial charge in [0.05, 0.1) is 35.4 Å². The van der Waals surface area contributed by atoms with Gasteiger partial charge < -0.3 is 15.4 Å². The second-order valence-electron chi connectivity index (χ2n) is 7.32. The third-order valence-corrected chi connectivity index (χ3v) is 6.07. The lowest BCUT2D eigenvalue weighted by molar-refractivity contribution is -0.731. The van der Waals surface area contributed by atoms with Crippen molar-refractivity contribution in [3.8, 4) is 17.3 Å². The number of ether oxygens (including phenoxy) is 1. The number of morpholine rings is 1. The van der Waals surface area contributed by atoms with Gasteiger partial charge in [0.25, 0.3) is 0 Å². The summed E-state index contributed by atoms with van der Waals surface area (Å²) in [6.45, 7) is 3.68. The largest absolute Gasteiger partial charge is 0.378 e. The number of anilines is 1. The Morgan fingerprint density at radius 3 is 2.77 bits per heavy atom. The first-order valence-electron chi connectivity index (χ1n) is 10.2. The van der Waals surface area contributed by atoms with Crippen molar-refractivity contribution in [3.05, 3.63) is 59.9 Å². The molecule has 1 aliphatic rings. The Balaban J connectivity index is 1.67. The molecule has 8 heteroatoms. The summed E-state index contributed by atoms with van der Waals surface area (Å²) in [7, 11) is 1.93. The zero-order valence-electron chi connectivity index (χ0n) is 17.5. The highest BCUT2D eigenvalue weighted by Crippen LogP contribution is 2.36. The highest BCUT2D eigenvalue weighted by Gasteiger charge is 2.18. The first-order chi connectivity index (χ1) is 15.2. The lowest BCUT2D eigenvalue weighted by Crippen LogP contribution is -2.41. The van der Waals surface area contributed by atoms with Crippen LogP contribution in [0.1, 0.15) is 11.1 Å². The van der Waals surface area contributed by atoms with Crippen LogP contribution in [-0.4, -0.2) is 42.9 Å². The number of hydrogen-bond acceptors (Lipinski definition) is 7. The molecule has 0 saturated carbocycles. The highest BCUT2D eigenvalue weighted by atomic mass is 32.2. The summed E-state index contributed by atoms with van der Waals surface area (Å²) in [6.07, 6.45) is 4.67. The number of aromatic nitrogens is 3. The Kier molecular flexibility index (Phi) is 6.77. The molecule has 0 amide bonds. The second-order valence-corrected chi connectivity index (χ2v) is 8.44. The summed E-state index contributed by atoms with van der Waals surface area (Å²) in [5.41, 5.74) is 9.26. The molecule has 0 unspecified atom stereocenters. The van der Waals surface area contributed by atoms with Gasteiger partial charge in [-0.15, -0.1) is 0 Å². The summed E-state index contributed by atoms with van der Waals surface area (Å²) < 4.78 is 7.30. The van der Waals surface area contributed by atoms with E-state index in [9.17, 15) is 5.26 Å². The number of aryl methyl sites for hydroxylation is 1. The number of hydrogen-bond donors (Lipinski definition) is 1. The van der Waals surface area contributed by atoms with E-state index in [0.717, 1.165) is 51.9 Å². The van der Waals surface area contributed by atoms with Gasteiger partial charge in [0.15, 0.2) is 12.9 Å². The van der Waals surface area contributed by atoms with Crippen LogP contribution < -0.4 is 15.3 Å². The number of pyridine rings is 1. The molecule has 0 radical (unpaired) electrons. The minimum atomic E-state index is 0.601. The van der Waals surface area contributed by atoms with Gasteiger partial charge in [-0.25, -0.2) is 0 Å². The lowest BCUT2D eigenvalue weighted by atomic mass is 10.1. The second kappa shape index (κ2) is 9.88. The van der Waals surface area contributed by atoms with Crippen LogP contribution in [0.15, 0.2) is 58.6 Å². The van der Waals surface area contributed by atoms with Gasteiger partial charge in [0.1, 0.15) is 0 Å². The summed E-state index contributed by atoms with van der Waals surface area (Å²) in [5, 5.41) is 14.1. The third kappa shape index (κ3) is 5.20. The number of rotatable bonds is 6. The molecule has 4 rings (SSSR count). The average molecular weight is 434 g/mol. The smallest absolute Gasteiger partial charge is 0.210 e. The molecule has 2 aromatic heterocycles. The van der Waals surface area contributed by atoms with Crippen LogP contribution in [0.25, 0.3) is 11.3 Å². The van der Waals surface area contributed by atoms with Gasteiger partial charge >= 0.3 is 0 Å². The fourth-order valence-electron chi connectivity index (χ4n) is 3.48. The maximum atomic E-state index is 9.42. The van der Waals surface area contributed by atoms with Gasteiger partial charge in [0.2, 0.25) is 6.20 Å². The van der Waals surface area contributed by atoms with E-state index in [1.807, 2.05) is 48.4 Å². The normalized spacial score (nSPS) is 13.8. The standard InChI is InChI=1S/C23H25N6OS/c1-28-16-19(13-23(27-28)29-8-10-30-11-9-29)31-22-12-18(14-25)2-4-20(22)21-5-3-17(6-7-24)15-26-21/h2-5,12-13,15-16H,6-11,24H2,1H3/q+1. The minimum absolute atomic E-state index is 0.601. The monoisotopic (exact) mass is 433 g/mol. The van der Waals surface area contributed by atoms with E-state index in [-0.39, 0.29) is 0 Å². The van der Waals surface area contributed by atoms with Crippen molar-refractivity contribution in [3.63, 3.8) is 0 Å². The van der Waals surface area contributed by atoms with E-state index in [1.54, 1.807) is 11.8 Å². The van der Waals surface area contributed by atoms with Gasteiger partial charge in [-0.3, -0.25) is 4.98 Å². The summed E-state index contributed by atoms with van der Waals surface area (Å²) in [5.74, 6) is 0.929. The molecule has 158 valence electrons. The Bertz CT molecular complexity index is 1090. The zero-order chi connectivity index (χ0) is 21.6. The molecule has 3 aromatic rings. The van der Waals surface area contributed by atoms with Crippen LogP contribution in [0.3, 0.4) is 0 Å². The first-order valence-corrected chi connectivity index (χ1v) is 11.1. The van der Waals surface area contributed by atoms with Crippen molar-refractivity contribution < 1.29 is 9.42 Å². The molecular weight excluding hydrogens is 408 g/mol. The van der Waals surface area contributed by atoms with E-state index >= 15 is 0 Å². The molecule has 1 saturated heterocycles. The van der Waals surface area contributed by atoms with Crippen LogP contribution in [-0.2, 0) is 18.2 Å². The fourth-order valence-corrected chi connectivity index (χ4v) is 4.58. The average Bonchev–Trinajstić information content (AvgIpc) is 2.80. The molecule has 0 bridgehead atoms. The molecule has 1 aromatic carbocycles. The predicted molar refractivity (Wildman–Crippen MR) is 120 cm³/mol. The molecule has 31 heavy (non-hydrogen) atoms. The highest BCUT2D eigenvalue weighted by molar-refractivity contribution is 7.99. The zero-order valence-corrected chi connectivity index (χ0v) is 18.3. The maximum Gasteiger partial charge on any atom is 0.210 e. The first kappa shape index (κ1) is 21.2. The van der Waals surface area contributed by atoms with Crippen molar-refractivity contribution in [1.29, 1.82) is 5.26 Å². The van der Waals surface area contributed by atoms with E-state index in [1.165, 1.54) is 0 Å². The summed E-state index contributed by atoms with van der Waals surface area (Å²) in [4.78, 5) is 8.91. The molecule has 0 spiro atoms. The topological polar surface area (TPSA) is 91.9 Å². The Hall–Kier alpha value is -2.99. The maximum absolute atomic E-state index is 9.42. The van der Waals surface area contributed by atoms with Crippen LogP contribution >= 0.6 is 11.8 Å². The number of benzene rings is 1. The molecular formula is C23H25N6OS+. The van der Waals surface area contributed by atoms with E-state index in [4.69, 9.17) is 10.5 Å². The van der Waals surface area contributed by atoms with Crippen molar-refractivity contribution in [1.82, 2.24) is 10.1 Å². The van der Waals surface area contributed by atoms with Crippen LogP contribution in [0.5, 0.6) is 0 Å². The molecule has 0 atom stereocenters. The van der Waals surface area contributed by atoms with Gasteiger partial charge in [-0.1, -0.05) is 28.6 Å². The van der Waals surface area contributed by atoms with Gasteiger partial charge in [-0.05, 0) is 36.7 Å². The number of nitrogens with zero attached hydrogens (tertiary/aromatic N) is 5. The van der Waals surface area contributed by atoms with E-state index in [0.29, 0.717) is 25.3 Å². The Morgan fingerprint density at radius 2 is 2.06 bits per heavy atom. The fraction of sp³-hybridized carbons (Fsp3) is 0.304. The van der Waals surface area contributed by atoms with Crippen LogP contribution in [0.2, 0.25) is 0 Å². The van der Waals surface area contributed by atoms with Crippen molar-refractivity contribution >= 4 is 17.6 Å². The van der Waals surface area contributed by atoms with Gasteiger partial charge in [0, 0.05) is 40.9 Å². The lowest BCUT2D eigenvalue weighted by Gasteiger charge is -2.26. The van der Waals surface area contributed by atoms with Gasteiger partial charge in [-0.2, -0.15) is 5.26 Å². The molecule has 0 aliphatic carbocycles. The van der Waals surface area contributed by atoms with Crippen LogP contribution in [0.4, 0.5) is 5.82 Å². The van der Waals surface area contributed by atoms with Crippen molar-refractivity contribution in [2.24, 2.45) is 12.8 Å². The molecule has 7 nitrogen and oxygen atoms in total. The number of nitrogens with two attached hydrogens (primary N) is 1. The van der Waals surface area contributed by atoms with Crippen molar-refractivity contribution in [2.75, 3.05) is 37.7 Å². The molecule has 2 N–H and O–H groups in total. The minimum Gasteiger partial charge on any atom is -0.378 e. The molecule has 3 heterocycles. The van der Waals surface area contributed by atoms with Crippen molar-refractivity contribution in [2.45, 2.75) is 16.2 Å². The Morgan fingerprint density at radius 1 is 1.23 bits per heavy atom. The third-order valence-electron chi connectivity index (χ3n) is 5.05. The number of nitriles is 1. The SMILES string of the molecule is C[n+]1cc(Sc2cc(C#N)ccc2-c2ccc(CCN)cn2)cc(N2CCOCC2)n1. The summed E-state index contributed by atoms with van der Waals surface area (Å²) >= 11 is 1.62. The van der Waals surface area contributed by atoms with E-state index < -0.39 is 0 Å². The quantitative estimate of drug-likeness (QED) is 0.597. The Labute approximate surface area is 186 Å². The molecule has 1 aliphatic heterocycles. The van der Waals surface area contributed by atoms with E-state index in [2.05, 4.69) is 33.2 Å². The summed E-state index contributed by atoms with van der Waals surface area (Å²) in [6, 6.07) is 14.1. The molecule has 1 fully saturated rings.